The Morgan fingerprint density at radius 2 is 1.78 bits per heavy atom. The van der Waals surface area contributed by atoms with Gasteiger partial charge in [-0.05, 0) is 60.9 Å². The largest absolute Gasteiger partial charge is 0.481 e. The third-order valence-electron chi connectivity index (χ3n) is 5.30. The molecule has 1 aromatic heterocycles. The number of amides is 3. The number of carbonyl (C=O) groups is 2. The Labute approximate surface area is 191 Å². The fourth-order valence-electron chi connectivity index (χ4n) is 3.63. The minimum atomic E-state index is -0.582. The summed E-state index contributed by atoms with van der Waals surface area (Å²) in [6.45, 7) is 0.610. The van der Waals surface area contributed by atoms with Crippen molar-refractivity contribution >= 4 is 34.9 Å². The van der Waals surface area contributed by atoms with E-state index in [2.05, 4.69) is 15.6 Å². The molecule has 1 saturated heterocycles. The number of ether oxygens (including phenoxy) is 1. The van der Waals surface area contributed by atoms with Crippen LogP contribution in [-0.2, 0) is 4.79 Å². The first kappa shape index (κ1) is 21.6. The molecule has 2 heterocycles. The van der Waals surface area contributed by atoms with Gasteiger partial charge in [0.1, 0.15) is 6.04 Å². The Morgan fingerprint density at radius 3 is 2.44 bits per heavy atom. The number of nitrogens with one attached hydrogen (secondary N) is 2. The van der Waals surface area contributed by atoms with Crippen molar-refractivity contribution in [1.82, 2.24) is 10.3 Å². The average molecular weight is 451 g/mol. The number of aromatic nitrogens is 1. The van der Waals surface area contributed by atoms with Crippen LogP contribution in [0.25, 0.3) is 11.1 Å². The molecule has 0 aliphatic carbocycles. The maximum absolute atomic E-state index is 13.0. The number of methoxy groups -OCH3 is 1. The van der Waals surface area contributed by atoms with Crippen molar-refractivity contribution in [2.24, 2.45) is 0 Å². The minimum absolute atomic E-state index is 0.124. The van der Waals surface area contributed by atoms with Gasteiger partial charge in [-0.15, -0.1) is 0 Å². The topological polar surface area (TPSA) is 83.6 Å². The van der Waals surface area contributed by atoms with Gasteiger partial charge in [-0.25, -0.2) is 9.78 Å². The molecule has 8 heteroatoms. The smallest absolute Gasteiger partial charge is 0.319 e. The second kappa shape index (κ2) is 9.70. The second-order valence-electron chi connectivity index (χ2n) is 7.43. The summed E-state index contributed by atoms with van der Waals surface area (Å²) in [5, 5.41) is 6.10. The van der Waals surface area contributed by atoms with E-state index in [1.807, 2.05) is 36.4 Å². The summed E-state index contributed by atoms with van der Waals surface area (Å²) in [7, 11) is 1.58. The molecule has 164 valence electrons. The van der Waals surface area contributed by atoms with Gasteiger partial charge in [0, 0.05) is 40.8 Å². The molecule has 4 rings (SSSR count). The highest BCUT2D eigenvalue weighted by Crippen LogP contribution is 2.26. The molecule has 0 unspecified atom stereocenters. The molecular weight excluding hydrogens is 428 g/mol. The number of benzene rings is 2. The van der Waals surface area contributed by atoms with E-state index < -0.39 is 12.1 Å². The summed E-state index contributed by atoms with van der Waals surface area (Å²) in [6.07, 6.45) is 3.14. The number of carbonyl (C=O) groups excluding carboxylic acids is 2. The van der Waals surface area contributed by atoms with Gasteiger partial charge in [-0.3, -0.25) is 4.79 Å². The first-order chi connectivity index (χ1) is 15.5. The number of urea groups is 1. The van der Waals surface area contributed by atoms with Gasteiger partial charge in [0.15, 0.2) is 0 Å². The lowest BCUT2D eigenvalue weighted by Crippen LogP contribution is -2.53. The van der Waals surface area contributed by atoms with Crippen molar-refractivity contribution in [3.05, 3.63) is 71.9 Å². The van der Waals surface area contributed by atoms with Crippen LogP contribution in [0.15, 0.2) is 66.9 Å². The lowest BCUT2D eigenvalue weighted by molar-refractivity contribution is -0.121. The highest BCUT2D eigenvalue weighted by molar-refractivity contribution is 6.30. The Balaban J connectivity index is 1.40. The molecule has 32 heavy (non-hydrogen) atoms. The number of hydrogen-bond acceptors (Lipinski definition) is 4. The van der Waals surface area contributed by atoms with Gasteiger partial charge in [-0.1, -0.05) is 23.7 Å². The van der Waals surface area contributed by atoms with Crippen LogP contribution in [0.4, 0.5) is 16.2 Å². The number of rotatable bonds is 5. The second-order valence-corrected chi connectivity index (χ2v) is 7.86. The predicted molar refractivity (Wildman–Crippen MR) is 125 cm³/mol. The number of anilines is 2. The molecule has 0 bridgehead atoms. The summed E-state index contributed by atoms with van der Waals surface area (Å²) in [6, 6.07) is 17.3. The number of nitrogens with zero attached hydrogens (tertiary/aromatic N) is 2. The van der Waals surface area contributed by atoms with Crippen LogP contribution in [0.5, 0.6) is 5.88 Å². The molecule has 3 aromatic rings. The van der Waals surface area contributed by atoms with Gasteiger partial charge >= 0.3 is 6.03 Å². The van der Waals surface area contributed by atoms with Crippen LogP contribution in [0, 0.1) is 0 Å². The van der Waals surface area contributed by atoms with Crippen LogP contribution in [0.3, 0.4) is 0 Å². The molecule has 1 atom stereocenters. The summed E-state index contributed by atoms with van der Waals surface area (Å²) >= 11 is 5.87. The van der Waals surface area contributed by atoms with E-state index in [4.69, 9.17) is 16.3 Å². The molecule has 3 amide bonds. The van der Waals surface area contributed by atoms with Gasteiger partial charge in [0.05, 0.1) is 7.11 Å². The normalized spacial score (nSPS) is 15.9. The number of halogens is 1. The number of piperidine rings is 1. The maximum Gasteiger partial charge on any atom is 0.319 e. The SMILES string of the molecule is COc1ccc(-c2ccc(N3CCC[C@@H](NC(=O)Nc4ccc(Cl)cc4)C3=O)cc2)cn1. The van der Waals surface area contributed by atoms with Crippen molar-refractivity contribution in [1.29, 1.82) is 0 Å². The predicted octanol–water partition coefficient (Wildman–Crippen LogP) is 4.73. The number of hydrogen-bond donors (Lipinski definition) is 2. The molecule has 0 radical (unpaired) electrons. The van der Waals surface area contributed by atoms with E-state index in [0.717, 1.165) is 23.2 Å². The van der Waals surface area contributed by atoms with Crippen LogP contribution in [0.1, 0.15) is 12.8 Å². The Bertz CT molecular complexity index is 1090. The van der Waals surface area contributed by atoms with E-state index in [9.17, 15) is 9.59 Å². The first-order valence-electron chi connectivity index (χ1n) is 10.3. The van der Waals surface area contributed by atoms with E-state index in [0.29, 0.717) is 29.6 Å². The third kappa shape index (κ3) is 5.00. The van der Waals surface area contributed by atoms with Crippen LogP contribution in [-0.4, -0.2) is 36.6 Å². The zero-order valence-corrected chi connectivity index (χ0v) is 18.3. The first-order valence-corrected chi connectivity index (χ1v) is 10.7. The summed E-state index contributed by atoms with van der Waals surface area (Å²) < 4.78 is 5.10. The highest BCUT2D eigenvalue weighted by Gasteiger charge is 2.30. The molecule has 7 nitrogen and oxygen atoms in total. The highest BCUT2D eigenvalue weighted by atomic mass is 35.5. The fraction of sp³-hybridized carbons (Fsp3) is 0.208. The fourth-order valence-corrected chi connectivity index (χ4v) is 3.76. The molecule has 1 fully saturated rings. The van der Waals surface area contributed by atoms with E-state index >= 15 is 0 Å². The van der Waals surface area contributed by atoms with Crippen molar-refractivity contribution < 1.29 is 14.3 Å². The molecular formula is C24H23ClN4O3. The summed E-state index contributed by atoms with van der Waals surface area (Å²) in [5.41, 5.74) is 3.35. The standard InChI is InChI=1S/C24H23ClN4O3/c1-32-22-13-6-17(15-26-22)16-4-11-20(12-5-16)29-14-2-3-21(23(29)30)28-24(31)27-19-9-7-18(25)8-10-19/h4-13,15,21H,2-3,14H2,1H3,(H2,27,28,31)/t21-/m1/s1. The lowest BCUT2D eigenvalue weighted by Gasteiger charge is -2.32. The minimum Gasteiger partial charge on any atom is -0.481 e. The quantitative estimate of drug-likeness (QED) is 0.588. The Hall–Kier alpha value is -3.58. The maximum atomic E-state index is 13.0. The molecule has 1 aliphatic heterocycles. The molecule has 0 saturated carbocycles. The van der Waals surface area contributed by atoms with Crippen LogP contribution in [0.2, 0.25) is 5.02 Å². The Kier molecular flexibility index (Phi) is 6.56. The van der Waals surface area contributed by atoms with E-state index in [1.54, 1.807) is 42.5 Å². The summed E-state index contributed by atoms with van der Waals surface area (Å²) in [5.74, 6) is 0.435. The van der Waals surface area contributed by atoms with Crippen LogP contribution < -0.4 is 20.3 Å². The van der Waals surface area contributed by atoms with E-state index in [1.165, 1.54) is 0 Å². The van der Waals surface area contributed by atoms with Crippen molar-refractivity contribution in [2.75, 3.05) is 23.9 Å². The van der Waals surface area contributed by atoms with Gasteiger partial charge in [-0.2, -0.15) is 0 Å². The number of pyridine rings is 1. The Morgan fingerprint density at radius 1 is 1.06 bits per heavy atom. The van der Waals surface area contributed by atoms with Gasteiger partial charge in [0.25, 0.3) is 0 Å². The van der Waals surface area contributed by atoms with Crippen molar-refractivity contribution in [3.8, 4) is 17.0 Å². The van der Waals surface area contributed by atoms with Crippen molar-refractivity contribution in [2.45, 2.75) is 18.9 Å². The monoisotopic (exact) mass is 450 g/mol. The lowest BCUT2D eigenvalue weighted by atomic mass is 10.0. The zero-order valence-electron chi connectivity index (χ0n) is 17.5. The molecule has 2 aromatic carbocycles. The zero-order chi connectivity index (χ0) is 22.5. The van der Waals surface area contributed by atoms with Gasteiger partial charge < -0.3 is 20.3 Å². The van der Waals surface area contributed by atoms with E-state index in [-0.39, 0.29) is 5.91 Å². The molecule has 1 aliphatic rings. The van der Waals surface area contributed by atoms with Crippen LogP contribution >= 0.6 is 11.6 Å². The molecule has 0 spiro atoms. The van der Waals surface area contributed by atoms with Crippen molar-refractivity contribution in [3.63, 3.8) is 0 Å². The average Bonchev–Trinajstić information content (AvgIpc) is 2.82. The third-order valence-corrected chi connectivity index (χ3v) is 5.56. The molecule has 2 N–H and O–H groups in total. The van der Waals surface area contributed by atoms with Gasteiger partial charge in [0.2, 0.25) is 11.8 Å². The summed E-state index contributed by atoms with van der Waals surface area (Å²) in [4.78, 5) is 31.3.